The lowest BCUT2D eigenvalue weighted by atomic mass is 10.4. The first-order valence-electron chi connectivity index (χ1n) is 4.22. The van der Waals surface area contributed by atoms with Gasteiger partial charge in [0.15, 0.2) is 0 Å². The van der Waals surface area contributed by atoms with Crippen LogP contribution in [0.1, 0.15) is 19.8 Å². The fraction of sp³-hybridized carbons (Fsp3) is 1.00. The molecule has 1 rings (SSSR count). The Kier molecular flexibility index (Phi) is 5.49. The molecule has 0 aliphatic carbocycles. The van der Waals surface area contributed by atoms with E-state index < -0.39 is 34.1 Å². The van der Waals surface area contributed by atoms with Crippen LogP contribution in [0.5, 0.6) is 0 Å². The SMILES string of the molecule is CCCCOP1(F)=NP(F)N(F)P(F)N1F. The number of rotatable bonds is 4. The maximum atomic E-state index is 13.6. The summed E-state index contributed by atoms with van der Waals surface area (Å²) in [4.78, 5) is 0. The fourth-order valence-corrected chi connectivity index (χ4v) is 5.43. The molecule has 0 aromatic carbocycles. The van der Waals surface area contributed by atoms with E-state index in [9.17, 15) is 21.6 Å². The molecule has 1 aliphatic rings. The second kappa shape index (κ2) is 5.98. The molecule has 0 spiro atoms. The van der Waals surface area contributed by atoms with E-state index in [4.69, 9.17) is 0 Å². The predicted octanol–water partition coefficient (Wildman–Crippen LogP) is 5.50. The Hall–Kier alpha value is 0.620. The Labute approximate surface area is 91.9 Å². The first kappa shape index (κ1) is 14.7. The highest BCUT2D eigenvalue weighted by molar-refractivity contribution is 7.77. The molecule has 1 heterocycles. The molecule has 0 N–H and O–H groups in total. The molecule has 0 aromatic rings. The summed E-state index contributed by atoms with van der Waals surface area (Å²) in [6, 6.07) is 0. The minimum absolute atomic E-state index is 0.219. The van der Waals surface area contributed by atoms with Crippen LogP contribution in [0.4, 0.5) is 21.6 Å². The molecule has 16 heavy (non-hydrogen) atoms. The molecule has 96 valence electrons. The van der Waals surface area contributed by atoms with Gasteiger partial charge in [-0.3, -0.25) is 0 Å². The Morgan fingerprint density at radius 1 is 1.38 bits per heavy atom. The van der Waals surface area contributed by atoms with Gasteiger partial charge in [0.25, 0.3) is 0 Å². The highest BCUT2D eigenvalue weighted by Gasteiger charge is 2.51. The molecule has 12 heteroatoms. The van der Waals surface area contributed by atoms with Crippen molar-refractivity contribution in [1.82, 2.24) is 9.33 Å². The van der Waals surface area contributed by atoms with Gasteiger partial charge >= 0.3 is 24.8 Å². The van der Waals surface area contributed by atoms with Crippen LogP contribution in [0.25, 0.3) is 0 Å². The lowest BCUT2D eigenvalue weighted by Gasteiger charge is -2.29. The lowest BCUT2D eigenvalue weighted by molar-refractivity contribution is 0.158. The smallest absolute Gasteiger partial charge is 0.307 e. The molecular weight excluding hydrogens is 294 g/mol. The number of hydrogen-bond donors (Lipinski definition) is 0. The van der Waals surface area contributed by atoms with Crippen LogP contribution in [0.15, 0.2) is 4.52 Å². The molecule has 1 aliphatic heterocycles. The van der Waals surface area contributed by atoms with E-state index in [-0.39, 0.29) is 6.61 Å². The van der Waals surface area contributed by atoms with Crippen molar-refractivity contribution in [3.63, 3.8) is 0 Å². The molecule has 0 bridgehead atoms. The van der Waals surface area contributed by atoms with E-state index >= 15 is 0 Å². The number of nitrogens with zero attached hydrogens (tertiary/aromatic N) is 3. The van der Waals surface area contributed by atoms with Crippen molar-refractivity contribution in [3.8, 4) is 0 Å². The van der Waals surface area contributed by atoms with E-state index in [1.165, 1.54) is 0 Å². The lowest BCUT2D eigenvalue weighted by Crippen LogP contribution is -2.13. The molecule has 3 atom stereocenters. The van der Waals surface area contributed by atoms with Gasteiger partial charge in [0, 0.05) is 4.66 Å². The minimum Gasteiger partial charge on any atom is -0.307 e. The van der Waals surface area contributed by atoms with Gasteiger partial charge in [0.1, 0.15) is 0 Å². The Bertz CT molecular complexity index is 296. The topological polar surface area (TPSA) is 28.1 Å². The third kappa shape index (κ3) is 3.09. The molecule has 4 nitrogen and oxygen atoms in total. The number of unbranched alkanes of at least 4 members (excludes halogenated alkanes) is 1. The second-order valence-electron chi connectivity index (χ2n) is 2.71. The van der Waals surface area contributed by atoms with Crippen molar-refractivity contribution < 1.29 is 26.1 Å². The van der Waals surface area contributed by atoms with Crippen LogP contribution in [0.2, 0.25) is 0 Å². The maximum absolute atomic E-state index is 13.6. The van der Waals surface area contributed by atoms with Gasteiger partial charge in [-0.25, -0.2) is 0 Å². The van der Waals surface area contributed by atoms with Crippen LogP contribution in [0.3, 0.4) is 0 Å². The summed E-state index contributed by atoms with van der Waals surface area (Å²) in [5, 5.41) is 0. The van der Waals surface area contributed by atoms with E-state index in [0.29, 0.717) is 12.8 Å². The summed E-state index contributed by atoms with van der Waals surface area (Å²) in [7, 11) is -12.1. The van der Waals surface area contributed by atoms with Crippen LogP contribution in [0, 0.1) is 0 Å². The minimum atomic E-state index is -4.82. The largest absolute Gasteiger partial charge is 0.371 e. The Morgan fingerprint density at radius 3 is 2.56 bits per heavy atom. The van der Waals surface area contributed by atoms with Gasteiger partial charge in [-0.15, -0.1) is 8.96 Å². The average Bonchev–Trinajstić information content (AvgIpc) is 2.24. The molecule has 0 saturated carbocycles. The third-order valence-electron chi connectivity index (χ3n) is 1.55. The van der Waals surface area contributed by atoms with Crippen LogP contribution in [-0.4, -0.2) is 15.9 Å². The average molecular weight is 303 g/mol. The van der Waals surface area contributed by atoms with E-state index in [0.717, 1.165) is 0 Å². The van der Waals surface area contributed by atoms with Crippen molar-refractivity contribution in [2.75, 3.05) is 6.61 Å². The highest BCUT2D eigenvalue weighted by Crippen LogP contribution is 2.80. The molecule has 0 fully saturated rings. The standard InChI is InChI=1S/C4H9F5N3OP3/c1-2-3-4-13-16(9)10-14(7)11(5)15(8)12(16)6/h2-4H2,1H3. The zero-order chi connectivity index (χ0) is 12.3. The van der Waals surface area contributed by atoms with Gasteiger partial charge in [0.2, 0.25) is 0 Å². The molecule has 0 aromatic heterocycles. The monoisotopic (exact) mass is 303 g/mol. The first-order chi connectivity index (χ1) is 7.42. The van der Waals surface area contributed by atoms with Gasteiger partial charge in [-0.05, 0) is 11.1 Å². The first-order valence-corrected chi connectivity index (χ1v) is 8.00. The summed E-state index contributed by atoms with van der Waals surface area (Å²) >= 11 is 0. The van der Waals surface area contributed by atoms with Crippen molar-refractivity contribution in [3.05, 3.63) is 0 Å². The predicted molar refractivity (Wildman–Crippen MR) is 53.3 cm³/mol. The van der Waals surface area contributed by atoms with E-state index in [1.807, 2.05) is 0 Å². The maximum Gasteiger partial charge on any atom is 0.371 e. The van der Waals surface area contributed by atoms with Gasteiger partial charge < -0.3 is 4.52 Å². The molecule has 3 unspecified atom stereocenters. The normalized spacial score (nSPS) is 37.4. The van der Waals surface area contributed by atoms with E-state index in [1.54, 1.807) is 6.92 Å². The summed E-state index contributed by atoms with van der Waals surface area (Å²) in [6.45, 7) is 1.55. The zero-order valence-corrected chi connectivity index (χ0v) is 10.8. The van der Waals surface area contributed by atoms with Crippen LogP contribution in [-0.2, 0) is 4.52 Å². The van der Waals surface area contributed by atoms with Crippen molar-refractivity contribution in [1.29, 1.82) is 0 Å². The summed E-state index contributed by atoms with van der Waals surface area (Å²) in [5.74, 6) is 0. The second-order valence-corrected chi connectivity index (χ2v) is 7.63. The molecular formula is C4H9F5N3OP3. The molecule has 0 radical (unpaired) electrons. The quantitative estimate of drug-likeness (QED) is 0.297. The number of hydrogen-bond acceptors (Lipinski definition) is 4. The molecule has 0 saturated heterocycles. The Balaban J connectivity index is 2.79. The fourth-order valence-electron chi connectivity index (χ4n) is 0.768. The molecule has 0 amide bonds. The zero-order valence-electron chi connectivity index (χ0n) is 8.10. The van der Waals surface area contributed by atoms with Crippen molar-refractivity contribution in [2.45, 2.75) is 19.8 Å². The van der Waals surface area contributed by atoms with Crippen LogP contribution >= 0.6 is 24.8 Å². The number of halogens is 5. The van der Waals surface area contributed by atoms with Crippen molar-refractivity contribution in [2.24, 2.45) is 4.52 Å². The van der Waals surface area contributed by atoms with E-state index in [2.05, 4.69) is 9.04 Å². The summed E-state index contributed by atoms with van der Waals surface area (Å²) in [5.41, 5.74) is 0. The van der Waals surface area contributed by atoms with Crippen LogP contribution < -0.4 is 0 Å². The van der Waals surface area contributed by atoms with Gasteiger partial charge in [-0.2, -0.15) is 17.1 Å². The highest BCUT2D eigenvalue weighted by atomic mass is 31.3. The van der Waals surface area contributed by atoms with Gasteiger partial charge in [-0.1, -0.05) is 13.3 Å². The third-order valence-corrected chi connectivity index (χ3v) is 6.75. The van der Waals surface area contributed by atoms with Gasteiger partial charge in [0.05, 0.1) is 6.61 Å². The van der Waals surface area contributed by atoms with Crippen molar-refractivity contribution >= 4 is 24.8 Å². The summed E-state index contributed by atoms with van der Waals surface area (Å²) in [6.07, 6.45) is 1.03. The Morgan fingerprint density at radius 2 is 2.00 bits per heavy atom. The summed E-state index contributed by atoms with van der Waals surface area (Å²) < 4.78 is 69.5.